The second-order valence-corrected chi connectivity index (χ2v) is 16.0. The molecule has 0 aliphatic carbocycles. The van der Waals surface area contributed by atoms with Crippen molar-refractivity contribution in [1.29, 1.82) is 0 Å². The van der Waals surface area contributed by atoms with Crippen LogP contribution < -0.4 is 19.5 Å². The molecule has 15 heteroatoms. The van der Waals surface area contributed by atoms with Gasteiger partial charge in [0.15, 0.2) is 0 Å². The molecule has 0 amide bonds. The molecule has 1 atom stereocenters. The SMILES string of the molecule is CCOc1cc2ncnc(Nc3ccc(OCc4cccc(F)c4)c(Cl)c3)c2cc1NS(=O)(=O)CC1CCS(=O)(=O)S1. The van der Waals surface area contributed by atoms with Gasteiger partial charge in [0.25, 0.3) is 0 Å². The Bertz CT molecular complexity index is 1840. The summed E-state index contributed by atoms with van der Waals surface area (Å²) in [5.41, 5.74) is 1.91. The second kappa shape index (κ2) is 12.5. The zero-order valence-electron chi connectivity index (χ0n) is 22.2. The third-order valence-electron chi connectivity index (χ3n) is 6.16. The van der Waals surface area contributed by atoms with E-state index in [0.29, 0.717) is 49.5 Å². The molecule has 0 spiro atoms. The van der Waals surface area contributed by atoms with Crippen LogP contribution in [-0.2, 0) is 25.5 Å². The highest BCUT2D eigenvalue weighted by molar-refractivity contribution is 8.72. The Morgan fingerprint density at radius 3 is 2.64 bits per heavy atom. The largest absolute Gasteiger partial charge is 0.492 e. The van der Waals surface area contributed by atoms with Gasteiger partial charge in [-0.05, 0) is 66.1 Å². The third kappa shape index (κ3) is 7.54. The molecule has 1 unspecified atom stereocenters. The van der Waals surface area contributed by atoms with Gasteiger partial charge in [-0.2, -0.15) is 0 Å². The first-order valence-electron chi connectivity index (χ1n) is 12.8. The van der Waals surface area contributed by atoms with Gasteiger partial charge < -0.3 is 14.8 Å². The molecular weight excluding hydrogens is 627 g/mol. The molecule has 1 aromatic heterocycles. The molecule has 222 valence electrons. The molecule has 0 radical (unpaired) electrons. The summed E-state index contributed by atoms with van der Waals surface area (Å²) in [5.74, 6) is 0.298. The summed E-state index contributed by atoms with van der Waals surface area (Å²) in [6.07, 6.45) is 1.63. The number of nitrogens with zero attached hydrogens (tertiary/aromatic N) is 2. The van der Waals surface area contributed by atoms with Crippen LogP contribution in [0.2, 0.25) is 5.02 Å². The van der Waals surface area contributed by atoms with Crippen molar-refractivity contribution in [3.63, 3.8) is 0 Å². The molecular formula is C27H26ClFN4O6S3. The van der Waals surface area contributed by atoms with Crippen LogP contribution >= 0.6 is 22.4 Å². The number of ether oxygens (including phenoxy) is 2. The number of anilines is 3. The lowest BCUT2D eigenvalue weighted by molar-refractivity contribution is 0.306. The fourth-order valence-corrected chi connectivity index (χ4v) is 10.6. The minimum absolute atomic E-state index is 0.0471. The predicted octanol–water partition coefficient (Wildman–Crippen LogP) is 5.72. The van der Waals surface area contributed by atoms with Gasteiger partial charge >= 0.3 is 0 Å². The first-order chi connectivity index (χ1) is 20.0. The molecule has 1 fully saturated rings. The van der Waals surface area contributed by atoms with Gasteiger partial charge in [0.1, 0.15) is 36.1 Å². The van der Waals surface area contributed by atoms with Crippen LogP contribution in [0.3, 0.4) is 0 Å². The number of rotatable bonds is 11. The van der Waals surface area contributed by atoms with Crippen molar-refractivity contribution in [2.24, 2.45) is 0 Å². The van der Waals surface area contributed by atoms with Crippen molar-refractivity contribution in [1.82, 2.24) is 9.97 Å². The molecule has 42 heavy (non-hydrogen) atoms. The Labute approximate surface area is 251 Å². The lowest BCUT2D eigenvalue weighted by Crippen LogP contribution is -2.23. The van der Waals surface area contributed by atoms with Gasteiger partial charge in [-0.25, -0.2) is 31.2 Å². The number of hydrogen-bond acceptors (Lipinski definition) is 10. The number of hydrogen-bond donors (Lipinski definition) is 2. The van der Waals surface area contributed by atoms with E-state index in [4.69, 9.17) is 21.1 Å². The number of fused-ring (bicyclic) bond motifs is 1. The second-order valence-electron chi connectivity index (χ2n) is 9.36. The van der Waals surface area contributed by atoms with E-state index < -0.39 is 24.1 Å². The summed E-state index contributed by atoms with van der Waals surface area (Å²) in [6.45, 7) is 2.18. The zero-order valence-corrected chi connectivity index (χ0v) is 25.4. The fraction of sp³-hybridized carbons (Fsp3) is 0.259. The molecule has 5 rings (SSSR count). The van der Waals surface area contributed by atoms with Gasteiger partial charge in [-0.15, -0.1) is 0 Å². The average molecular weight is 653 g/mol. The normalized spacial score (nSPS) is 16.3. The summed E-state index contributed by atoms with van der Waals surface area (Å²) in [5, 5.41) is 3.43. The van der Waals surface area contributed by atoms with Crippen molar-refractivity contribution in [3.8, 4) is 11.5 Å². The number of halogens is 2. The van der Waals surface area contributed by atoms with Gasteiger partial charge in [0, 0.05) is 22.4 Å². The van der Waals surface area contributed by atoms with Crippen molar-refractivity contribution in [2.45, 2.75) is 25.2 Å². The van der Waals surface area contributed by atoms with Crippen molar-refractivity contribution < 1.29 is 30.7 Å². The fourth-order valence-electron chi connectivity index (χ4n) is 4.30. The maximum Gasteiger partial charge on any atom is 0.233 e. The molecule has 2 N–H and O–H groups in total. The maximum absolute atomic E-state index is 13.5. The quantitative estimate of drug-likeness (QED) is 0.194. The van der Waals surface area contributed by atoms with Crippen LogP contribution in [0.25, 0.3) is 10.9 Å². The van der Waals surface area contributed by atoms with Crippen LogP contribution in [0, 0.1) is 5.82 Å². The topological polar surface area (TPSA) is 137 Å². The van der Waals surface area contributed by atoms with Crippen molar-refractivity contribution >= 4 is 69.4 Å². The van der Waals surface area contributed by atoms with E-state index in [1.54, 1.807) is 49.4 Å². The lowest BCUT2D eigenvalue weighted by Gasteiger charge is -2.16. The summed E-state index contributed by atoms with van der Waals surface area (Å²) in [4.78, 5) is 8.63. The zero-order chi connectivity index (χ0) is 29.9. The standard InChI is InChI=1S/C27H26ClFN4O6S3/c1-2-38-26-13-23-21(12-24(26)33-41(34,35)15-20-8-9-42(36,37)40-20)27(31-16-30-23)32-19-6-7-25(22(28)11-19)39-14-17-4-3-5-18(29)10-17/h3-7,10-13,16,20,33H,2,8-9,14-15H2,1H3,(H,30,31,32). The van der Waals surface area contributed by atoms with Crippen LogP contribution in [0.1, 0.15) is 18.9 Å². The first-order valence-corrected chi connectivity index (χ1v) is 17.8. The predicted molar refractivity (Wildman–Crippen MR) is 163 cm³/mol. The van der Waals surface area contributed by atoms with Crippen LogP contribution in [0.4, 0.5) is 21.6 Å². The molecule has 3 aromatic carbocycles. The van der Waals surface area contributed by atoms with Crippen molar-refractivity contribution in [2.75, 3.05) is 28.2 Å². The molecule has 1 aliphatic heterocycles. The Balaban J connectivity index is 1.37. The molecule has 4 aromatic rings. The number of nitrogens with one attached hydrogen (secondary N) is 2. The van der Waals surface area contributed by atoms with Gasteiger partial charge in [0.05, 0.1) is 34.3 Å². The van der Waals surface area contributed by atoms with Crippen molar-refractivity contribution in [3.05, 3.63) is 77.3 Å². The highest BCUT2D eigenvalue weighted by Gasteiger charge is 2.33. The smallest absolute Gasteiger partial charge is 0.233 e. The van der Waals surface area contributed by atoms with Gasteiger partial charge in [0.2, 0.25) is 18.9 Å². The summed E-state index contributed by atoms with van der Waals surface area (Å²) in [6, 6.07) is 14.3. The molecule has 1 aliphatic rings. The minimum Gasteiger partial charge on any atom is -0.492 e. The Kier molecular flexibility index (Phi) is 8.97. The van der Waals surface area contributed by atoms with Crippen LogP contribution in [0.5, 0.6) is 11.5 Å². The summed E-state index contributed by atoms with van der Waals surface area (Å²) < 4.78 is 77.0. The first kappa shape index (κ1) is 30.1. The highest BCUT2D eigenvalue weighted by atomic mass is 35.5. The Morgan fingerprint density at radius 2 is 1.93 bits per heavy atom. The number of aromatic nitrogens is 2. The Morgan fingerprint density at radius 1 is 1.10 bits per heavy atom. The van der Waals surface area contributed by atoms with Gasteiger partial charge in [-0.1, -0.05) is 23.7 Å². The van der Waals surface area contributed by atoms with E-state index in [1.807, 2.05) is 0 Å². The highest BCUT2D eigenvalue weighted by Crippen LogP contribution is 2.37. The van der Waals surface area contributed by atoms with E-state index in [9.17, 15) is 21.2 Å². The van der Waals surface area contributed by atoms with Gasteiger partial charge in [-0.3, -0.25) is 4.72 Å². The lowest BCUT2D eigenvalue weighted by atomic mass is 10.2. The monoisotopic (exact) mass is 652 g/mol. The number of sulfonamides is 1. The van der Waals surface area contributed by atoms with Crippen LogP contribution in [0.15, 0.2) is 60.9 Å². The number of benzene rings is 3. The van der Waals surface area contributed by atoms with E-state index >= 15 is 0 Å². The van der Waals surface area contributed by atoms with E-state index in [-0.39, 0.29) is 48.4 Å². The maximum atomic E-state index is 13.5. The molecule has 10 nitrogen and oxygen atoms in total. The average Bonchev–Trinajstić information content (AvgIpc) is 3.26. The summed E-state index contributed by atoms with van der Waals surface area (Å²) >= 11 is 6.45. The van der Waals surface area contributed by atoms with E-state index in [2.05, 4.69) is 20.0 Å². The molecule has 2 heterocycles. The van der Waals surface area contributed by atoms with Crippen LogP contribution in [-0.4, -0.2) is 50.2 Å². The summed E-state index contributed by atoms with van der Waals surface area (Å²) in [7, 11) is -6.53. The van der Waals surface area contributed by atoms with E-state index in [1.165, 1.54) is 18.5 Å². The Hall–Kier alpha value is -3.33. The third-order valence-corrected chi connectivity index (χ3v) is 11.9. The van der Waals surface area contributed by atoms with E-state index in [0.717, 1.165) is 0 Å². The molecule has 1 saturated heterocycles. The molecule has 0 saturated carbocycles. The molecule has 0 bridgehead atoms. The minimum atomic E-state index is -3.92.